The Morgan fingerprint density at radius 1 is 1.25 bits per heavy atom. The highest BCUT2D eigenvalue weighted by Gasteiger charge is 2.43. The second-order valence-corrected chi connectivity index (χ2v) is 8.22. The van der Waals surface area contributed by atoms with Gasteiger partial charge in [-0.25, -0.2) is 0 Å². The van der Waals surface area contributed by atoms with E-state index in [0.29, 0.717) is 18.0 Å². The Morgan fingerprint density at radius 3 is 2.79 bits per heavy atom. The Bertz CT molecular complexity index is 835. The topological polar surface area (TPSA) is 62.2 Å². The van der Waals surface area contributed by atoms with Gasteiger partial charge in [-0.15, -0.1) is 0 Å². The van der Waals surface area contributed by atoms with Gasteiger partial charge in [-0.1, -0.05) is 23.7 Å². The Labute approximate surface area is 170 Å². The van der Waals surface area contributed by atoms with Crippen molar-refractivity contribution in [2.75, 3.05) is 26.7 Å². The number of β-amino-alcohol motifs (C(OH)–C–C–N with tert-alkyl or cyclic N) is 1. The van der Waals surface area contributed by atoms with E-state index in [1.807, 2.05) is 30.3 Å². The third-order valence-corrected chi connectivity index (χ3v) is 6.13. The first kappa shape index (κ1) is 19.5. The van der Waals surface area contributed by atoms with E-state index >= 15 is 0 Å². The molecule has 6 heteroatoms. The number of rotatable bonds is 4. The lowest BCUT2D eigenvalue weighted by Gasteiger charge is -2.46. The molecule has 5 nitrogen and oxygen atoms in total. The zero-order chi connectivity index (χ0) is 19.7. The molecule has 2 heterocycles. The molecule has 1 fully saturated rings. The highest BCUT2D eigenvalue weighted by molar-refractivity contribution is 6.30. The lowest BCUT2D eigenvalue weighted by molar-refractivity contribution is -0.0587. The first-order chi connectivity index (χ1) is 13.5. The number of hydrogen-bond donors (Lipinski definition) is 2. The van der Waals surface area contributed by atoms with Crippen molar-refractivity contribution in [1.29, 1.82) is 0 Å². The van der Waals surface area contributed by atoms with Crippen molar-refractivity contribution < 1.29 is 19.7 Å². The highest BCUT2D eigenvalue weighted by atomic mass is 35.5. The summed E-state index contributed by atoms with van der Waals surface area (Å²) in [5.41, 5.74) is 1.28. The minimum absolute atomic E-state index is 0.350. The van der Waals surface area contributed by atoms with Crippen LogP contribution in [-0.2, 0) is 0 Å². The van der Waals surface area contributed by atoms with Gasteiger partial charge in [0.15, 0.2) is 0 Å². The molecule has 150 valence electrons. The van der Waals surface area contributed by atoms with Gasteiger partial charge in [0.05, 0.1) is 19.3 Å². The Hall–Kier alpha value is -1.79. The molecule has 2 atom stereocenters. The van der Waals surface area contributed by atoms with Crippen molar-refractivity contribution in [3.63, 3.8) is 0 Å². The van der Waals surface area contributed by atoms with Crippen LogP contribution in [0, 0.1) is 0 Å². The van der Waals surface area contributed by atoms with Crippen LogP contribution >= 0.6 is 11.6 Å². The van der Waals surface area contributed by atoms with Crippen LogP contribution in [-0.4, -0.2) is 47.5 Å². The molecule has 0 bridgehead atoms. The zero-order valence-electron chi connectivity index (χ0n) is 16.0. The molecule has 0 saturated carbocycles. The maximum atomic E-state index is 10.6. The zero-order valence-corrected chi connectivity index (χ0v) is 16.7. The van der Waals surface area contributed by atoms with Crippen molar-refractivity contribution >= 4 is 11.6 Å². The van der Waals surface area contributed by atoms with Crippen LogP contribution in [0.1, 0.15) is 42.6 Å². The summed E-state index contributed by atoms with van der Waals surface area (Å²) < 4.78 is 11.6. The molecule has 2 aliphatic rings. The number of aliphatic hydroxyl groups excluding tert-OH is 2. The molecule has 2 aliphatic heterocycles. The van der Waals surface area contributed by atoms with E-state index < -0.39 is 12.2 Å². The molecule has 2 aromatic carbocycles. The molecule has 0 aliphatic carbocycles. The lowest BCUT2D eigenvalue weighted by Crippen LogP contribution is -2.51. The smallest absolute Gasteiger partial charge is 0.126 e. The van der Waals surface area contributed by atoms with Gasteiger partial charge in [-0.05, 0) is 48.7 Å². The normalized spacial score (nSPS) is 22.4. The number of ether oxygens (including phenoxy) is 2. The summed E-state index contributed by atoms with van der Waals surface area (Å²) in [6.45, 7) is 2.20. The van der Waals surface area contributed by atoms with E-state index in [4.69, 9.17) is 21.1 Å². The summed E-state index contributed by atoms with van der Waals surface area (Å²) >= 11 is 6.05. The fourth-order valence-corrected chi connectivity index (χ4v) is 4.44. The minimum Gasteiger partial charge on any atom is -0.497 e. The largest absolute Gasteiger partial charge is 0.497 e. The molecule has 2 aromatic rings. The van der Waals surface area contributed by atoms with Gasteiger partial charge < -0.3 is 24.6 Å². The SMILES string of the molecule is COc1cccc([C@H](O)CN2CCC3(CC2)C[C@@H](O)c2cc(Cl)ccc2O3)c1. The van der Waals surface area contributed by atoms with Gasteiger partial charge >= 0.3 is 0 Å². The number of piperidine rings is 1. The number of aliphatic hydroxyl groups is 2. The van der Waals surface area contributed by atoms with Gasteiger partial charge in [-0.2, -0.15) is 0 Å². The van der Waals surface area contributed by atoms with Crippen molar-refractivity contribution in [2.24, 2.45) is 0 Å². The average Bonchev–Trinajstić information content (AvgIpc) is 2.70. The molecule has 4 rings (SSSR count). The van der Waals surface area contributed by atoms with Crippen LogP contribution in [0.25, 0.3) is 0 Å². The average molecular weight is 404 g/mol. The van der Waals surface area contributed by atoms with E-state index in [1.54, 1.807) is 19.2 Å². The first-order valence-corrected chi connectivity index (χ1v) is 10.1. The van der Waals surface area contributed by atoms with Crippen molar-refractivity contribution in [1.82, 2.24) is 4.90 Å². The molecule has 2 N–H and O–H groups in total. The second-order valence-electron chi connectivity index (χ2n) is 7.78. The number of fused-ring (bicyclic) bond motifs is 1. The molecule has 0 radical (unpaired) electrons. The quantitative estimate of drug-likeness (QED) is 0.814. The van der Waals surface area contributed by atoms with E-state index in [9.17, 15) is 10.2 Å². The van der Waals surface area contributed by atoms with Gasteiger partial charge in [0.25, 0.3) is 0 Å². The molecule has 0 unspecified atom stereocenters. The van der Waals surface area contributed by atoms with E-state index in [2.05, 4.69) is 4.90 Å². The first-order valence-electron chi connectivity index (χ1n) is 9.69. The molecular formula is C22H26ClNO4. The number of halogens is 1. The van der Waals surface area contributed by atoms with Gasteiger partial charge in [0.1, 0.15) is 17.1 Å². The van der Waals surface area contributed by atoms with Crippen molar-refractivity contribution in [3.8, 4) is 11.5 Å². The minimum atomic E-state index is -0.565. The number of likely N-dealkylation sites (tertiary alicyclic amines) is 1. The Kier molecular flexibility index (Phi) is 5.52. The van der Waals surface area contributed by atoms with E-state index in [1.165, 1.54) is 0 Å². The van der Waals surface area contributed by atoms with Crippen LogP contribution in [0.3, 0.4) is 0 Å². The van der Waals surface area contributed by atoms with Crippen LogP contribution in [0.2, 0.25) is 5.02 Å². The standard InChI is InChI=1S/C22H26ClNO4/c1-27-17-4-2-3-15(11-17)20(26)14-24-9-7-22(8-10-24)13-19(25)18-12-16(23)5-6-21(18)28-22/h2-6,11-12,19-20,25-26H,7-10,13-14H2,1H3/t19-,20-/m1/s1. The molecule has 0 amide bonds. The summed E-state index contributed by atoms with van der Waals surface area (Å²) in [6.07, 6.45) is 1.09. The number of hydrogen-bond acceptors (Lipinski definition) is 5. The van der Waals surface area contributed by atoms with Crippen LogP contribution in [0.5, 0.6) is 11.5 Å². The third-order valence-electron chi connectivity index (χ3n) is 5.90. The van der Waals surface area contributed by atoms with Crippen molar-refractivity contribution in [2.45, 2.75) is 37.1 Å². The summed E-state index contributed by atoms with van der Waals surface area (Å²) in [4.78, 5) is 2.25. The molecule has 1 spiro atoms. The number of methoxy groups -OCH3 is 1. The summed E-state index contributed by atoms with van der Waals surface area (Å²) in [7, 11) is 1.63. The monoisotopic (exact) mass is 403 g/mol. The predicted molar refractivity (Wildman–Crippen MR) is 108 cm³/mol. The molecular weight excluding hydrogens is 378 g/mol. The maximum absolute atomic E-state index is 10.6. The fourth-order valence-electron chi connectivity index (χ4n) is 4.26. The molecule has 1 saturated heterocycles. The summed E-state index contributed by atoms with van der Waals surface area (Å²) in [5, 5.41) is 21.8. The maximum Gasteiger partial charge on any atom is 0.126 e. The van der Waals surface area contributed by atoms with E-state index in [0.717, 1.165) is 48.6 Å². The lowest BCUT2D eigenvalue weighted by atomic mass is 9.81. The second kappa shape index (κ2) is 7.91. The van der Waals surface area contributed by atoms with Gasteiger partial charge in [-0.3, -0.25) is 0 Å². The van der Waals surface area contributed by atoms with Crippen molar-refractivity contribution in [3.05, 3.63) is 58.6 Å². The predicted octanol–water partition coefficient (Wildman–Crippen LogP) is 3.73. The number of nitrogens with zero attached hydrogens (tertiary/aromatic N) is 1. The van der Waals surface area contributed by atoms with Gasteiger partial charge in [0.2, 0.25) is 0 Å². The van der Waals surface area contributed by atoms with Crippen LogP contribution < -0.4 is 9.47 Å². The third kappa shape index (κ3) is 3.98. The summed E-state index contributed by atoms with van der Waals surface area (Å²) in [5.74, 6) is 1.48. The molecule has 28 heavy (non-hydrogen) atoms. The highest BCUT2D eigenvalue weighted by Crippen LogP contribution is 2.45. The van der Waals surface area contributed by atoms with Crippen LogP contribution in [0.15, 0.2) is 42.5 Å². The van der Waals surface area contributed by atoms with Gasteiger partial charge in [0, 0.05) is 36.6 Å². The molecule has 0 aromatic heterocycles. The van der Waals surface area contributed by atoms with Crippen LogP contribution in [0.4, 0.5) is 0 Å². The Balaban J connectivity index is 1.38. The number of benzene rings is 2. The summed E-state index contributed by atoms with van der Waals surface area (Å²) in [6, 6.07) is 13.0. The fraction of sp³-hybridized carbons (Fsp3) is 0.455. The van der Waals surface area contributed by atoms with E-state index in [-0.39, 0.29) is 5.60 Å². The Morgan fingerprint density at radius 2 is 2.04 bits per heavy atom.